The lowest BCUT2D eigenvalue weighted by Gasteiger charge is -2.05. The highest BCUT2D eigenvalue weighted by Gasteiger charge is 2.07. The highest BCUT2D eigenvalue weighted by molar-refractivity contribution is 6.29. The smallest absolute Gasteiger partial charge is 0.224 e. The second-order valence-corrected chi connectivity index (χ2v) is 4.54. The fourth-order valence-electron chi connectivity index (χ4n) is 1.43. The molecule has 2 aromatic rings. The number of aromatic nitrogens is 4. The minimum atomic E-state index is 0.294. The minimum absolute atomic E-state index is 0.294. The summed E-state index contributed by atoms with van der Waals surface area (Å²) in [6, 6.07) is 1.88. The highest BCUT2D eigenvalue weighted by Crippen LogP contribution is 2.22. The average molecular weight is 267 g/mol. The Balaban J connectivity index is 2.19. The molecule has 5 nitrogen and oxygen atoms in total. The average Bonchev–Trinajstić information content (AvgIpc) is 2.76. The summed E-state index contributed by atoms with van der Waals surface area (Å²) in [7, 11) is 0. The molecule has 2 heterocycles. The second kappa shape index (κ2) is 5.35. The van der Waals surface area contributed by atoms with Crippen molar-refractivity contribution in [2.75, 3.05) is 0 Å². The third-order valence-corrected chi connectivity index (χ3v) is 2.56. The molecular formula is C12H15ClN4O. The molecule has 0 unspecified atom stereocenters. The number of hydrogen-bond donors (Lipinski definition) is 0. The summed E-state index contributed by atoms with van der Waals surface area (Å²) < 4.78 is 7.43. The van der Waals surface area contributed by atoms with Gasteiger partial charge in [-0.15, -0.1) is 0 Å². The van der Waals surface area contributed by atoms with Crippen LogP contribution in [-0.4, -0.2) is 19.7 Å². The van der Waals surface area contributed by atoms with E-state index in [4.69, 9.17) is 16.3 Å². The summed E-state index contributed by atoms with van der Waals surface area (Å²) in [5.74, 6) is 1.74. The third kappa shape index (κ3) is 2.98. The molecule has 0 aromatic carbocycles. The van der Waals surface area contributed by atoms with Crippen molar-refractivity contribution in [3.8, 4) is 11.6 Å². The molecule has 0 fully saturated rings. The van der Waals surface area contributed by atoms with Crippen LogP contribution in [0.3, 0.4) is 0 Å². The van der Waals surface area contributed by atoms with Crippen molar-refractivity contribution in [3.63, 3.8) is 0 Å². The zero-order valence-corrected chi connectivity index (χ0v) is 11.3. The number of nitrogens with zero attached hydrogens (tertiary/aromatic N) is 4. The molecular weight excluding hydrogens is 252 g/mol. The molecule has 0 radical (unpaired) electrons. The van der Waals surface area contributed by atoms with Crippen LogP contribution in [0.15, 0.2) is 18.5 Å². The Hall–Kier alpha value is -1.62. The van der Waals surface area contributed by atoms with Crippen LogP contribution in [0.25, 0.3) is 0 Å². The van der Waals surface area contributed by atoms with E-state index in [1.165, 1.54) is 0 Å². The topological polar surface area (TPSA) is 52.8 Å². The van der Waals surface area contributed by atoms with E-state index < -0.39 is 0 Å². The number of rotatable bonds is 4. The zero-order valence-electron chi connectivity index (χ0n) is 10.6. The van der Waals surface area contributed by atoms with Gasteiger partial charge in [-0.3, -0.25) is 4.68 Å². The van der Waals surface area contributed by atoms with Crippen LogP contribution in [0.2, 0.25) is 5.15 Å². The molecule has 0 N–H and O–H groups in total. The van der Waals surface area contributed by atoms with E-state index in [2.05, 4.69) is 15.1 Å². The van der Waals surface area contributed by atoms with Crippen molar-refractivity contribution < 1.29 is 4.74 Å². The molecule has 0 aliphatic rings. The first-order valence-corrected chi connectivity index (χ1v) is 6.21. The van der Waals surface area contributed by atoms with Crippen molar-refractivity contribution in [1.29, 1.82) is 0 Å². The van der Waals surface area contributed by atoms with Crippen molar-refractivity contribution in [1.82, 2.24) is 19.7 Å². The Bertz CT molecular complexity index is 539. The monoisotopic (exact) mass is 266 g/mol. The van der Waals surface area contributed by atoms with Gasteiger partial charge in [0, 0.05) is 18.5 Å². The third-order valence-electron chi connectivity index (χ3n) is 2.36. The van der Waals surface area contributed by atoms with Crippen molar-refractivity contribution in [2.24, 2.45) is 0 Å². The first kappa shape index (κ1) is 12.8. The Morgan fingerprint density at radius 1 is 1.39 bits per heavy atom. The van der Waals surface area contributed by atoms with Gasteiger partial charge in [0.1, 0.15) is 11.0 Å². The van der Waals surface area contributed by atoms with Crippen LogP contribution in [0, 0.1) is 0 Å². The molecule has 0 bridgehead atoms. The lowest BCUT2D eigenvalue weighted by atomic mass is 10.4. The number of halogens is 1. The standard InChI is InChI=1S/C12H15ClN4O/c1-4-11-15-10(13)5-12(16-11)18-9-6-14-17(7-9)8(2)3/h5-8H,4H2,1-3H3. The van der Waals surface area contributed by atoms with E-state index in [-0.39, 0.29) is 0 Å². The van der Waals surface area contributed by atoms with Gasteiger partial charge in [-0.2, -0.15) is 10.1 Å². The Kier molecular flexibility index (Phi) is 3.81. The first-order valence-electron chi connectivity index (χ1n) is 5.84. The summed E-state index contributed by atoms with van der Waals surface area (Å²) in [5.41, 5.74) is 0. The largest absolute Gasteiger partial charge is 0.436 e. The molecule has 18 heavy (non-hydrogen) atoms. The van der Waals surface area contributed by atoms with Crippen molar-refractivity contribution in [2.45, 2.75) is 33.2 Å². The van der Waals surface area contributed by atoms with E-state index in [0.717, 1.165) is 0 Å². The Morgan fingerprint density at radius 3 is 2.78 bits per heavy atom. The summed E-state index contributed by atoms with van der Waals surface area (Å²) in [6.07, 6.45) is 4.19. The predicted molar refractivity (Wildman–Crippen MR) is 69.1 cm³/mol. The van der Waals surface area contributed by atoms with Gasteiger partial charge in [-0.1, -0.05) is 18.5 Å². The van der Waals surface area contributed by atoms with Gasteiger partial charge in [0.25, 0.3) is 0 Å². The number of aryl methyl sites for hydroxylation is 1. The molecule has 0 saturated heterocycles. The Morgan fingerprint density at radius 2 is 2.17 bits per heavy atom. The van der Waals surface area contributed by atoms with Crippen LogP contribution in [0.4, 0.5) is 0 Å². The molecule has 0 atom stereocenters. The quantitative estimate of drug-likeness (QED) is 0.797. The van der Waals surface area contributed by atoms with Crippen LogP contribution in [0.1, 0.15) is 32.6 Å². The van der Waals surface area contributed by atoms with Gasteiger partial charge >= 0.3 is 0 Å². The zero-order chi connectivity index (χ0) is 13.1. The molecule has 0 aliphatic carbocycles. The lowest BCUT2D eigenvalue weighted by Crippen LogP contribution is -2.00. The molecule has 0 spiro atoms. The fraction of sp³-hybridized carbons (Fsp3) is 0.417. The maximum atomic E-state index is 5.90. The molecule has 96 valence electrons. The summed E-state index contributed by atoms with van der Waals surface area (Å²) in [6.45, 7) is 6.06. The van der Waals surface area contributed by atoms with E-state index in [0.29, 0.717) is 35.1 Å². The first-order chi connectivity index (χ1) is 8.58. The maximum Gasteiger partial charge on any atom is 0.224 e. The molecule has 0 saturated carbocycles. The molecule has 2 aromatic heterocycles. The van der Waals surface area contributed by atoms with Crippen molar-refractivity contribution in [3.05, 3.63) is 29.4 Å². The molecule has 2 rings (SSSR count). The minimum Gasteiger partial charge on any atom is -0.436 e. The summed E-state index contributed by atoms with van der Waals surface area (Å²) in [4.78, 5) is 8.33. The second-order valence-electron chi connectivity index (χ2n) is 4.15. The number of hydrogen-bond acceptors (Lipinski definition) is 4. The SMILES string of the molecule is CCc1nc(Cl)cc(Oc2cnn(C(C)C)c2)n1. The van der Waals surface area contributed by atoms with Gasteiger partial charge in [0.05, 0.1) is 12.4 Å². The maximum absolute atomic E-state index is 5.90. The van der Waals surface area contributed by atoms with E-state index in [1.807, 2.05) is 31.6 Å². The van der Waals surface area contributed by atoms with Gasteiger partial charge in [0.15, 0.2) is 5.75 Å². The van der Waals surface area contributed by atoms with Crippen LogP contribution >= 0.6 is 11.6 Å². The van der Waals surface area contributed by atoms with Gasteiger partial charge in [-0.05, 0) is 13.8 Å². The number of ether oxygens (including phenoxy) is 1. The normalized spacial score (nSPS) is 10.9. The van der Waals surface area contributed by atoms with Crippen LogP contribution < -0.4 is 4.74 Å². The van der Waals surface area contributed by atoms with E-state index in [1.54, 1.807) is 12.3 Å². The fourth-order valence-corrected chi connectivity index (χ4v) is 1.62. The van der Waals surface area contributed by atoms with Crippen molar-refractivity contribution >= 4 is 11.6 Å². The molecule has 0 amide bonds. The van der Waals surface area contributed by atoms with Crippen LogP contribution in [0.5, 0.6) is 11.6 Å². The van der Waals surface area contributed by atoms with Crippen LogP contribution in [-0.2, 0) is 6.42 Å². The predicted octanol–water partition coefficient (Wildman–Crippen LogP) is 3.26. The summed E-state index contributed by atoms with van der Waals surface area (Å²) >= 11 is 5.90. The molecule has 6 heteroatoms. The lowest BCUT2D eigenvalue weighted by molar-refractivity contribution is 0.455. The highest BCUT2D eigenvalue weighted by atomic mass is 35.5. The van der Waals surface area contributed by atoms with Gasteiger partial charge in [0.2, 0.25) is 5.88 Å². The van der Waals surface area contributed by atoms with Gasteiger partial charge < -0.3 is 4.74 Å². The summed E-state index contributed by atoms with van der Waals surface area (Å²) in [5, 5.41) is 4.57. The Labute approximate surface area is 111 Å². The van der Waals surface area contributed by atoms with E-state index >= 15 is 0 Å². The molecule has 0 aliphatic heterocycles. The van der Waals surface area contributed by atoms with Gasteiger partial charge in [-0.25, -0.2) is 4.98 Å². The van der Waals surface area contributed by atoms with E-state index in [9.17, 15) is 0 Å².